The molecule has 4 aromatic carbocycles. The van der Waals surface area contributed by atoms with E-state index in [1.54, 1.807) is 23.1 Å². The molecule has 0 bridgehead atoms. The Kier molecular flexibility index (Phi) is 11.7. The van der Waals surface area contributed by atoms with Crippen molar-refractivity contribution in [3.8, 4) is 17.2 Å². The lowest BCUT2D eigenvalue weighted by molar-refractivity contribution is -0.136. The average molecular weight is 729 g/mol. The largest absolute Gasteiger partial charge is 0.508 e. The number of phenols is 1. The second-order valence-corrected chi connectivity index (χ2v) is 14.1. The number of piperazine rings is 1. The van der Waals surface area contributed by atoms with Crippen LogP contribution in [-0.4, -0.2) is 96.1 Å². The van der Waals surface area contributed by atoms with Gasteiger partial charge in [-0.15, -0.1) is 0 Å². The van der Waals surface area contributed by atoms with E-state index < -0.39 is 11.9 Å². The van der Waals surface area contributed by atoms with Crippen molar-refractivity contribution in [1.82, 2.24) is 20.0 Å². The van der Waals surface area contributed by atoms with E-state index >= 15 is 0 Å². The molecule has 3 amide bonds. The Morgan fingerprint density at radius 3 is 2.13 bits per heavy atom. The Morgan fingerprint density at radius 1 is 0.759 bits per heavy atom. The average Bonchev–Trinajstić information content (AvgIpc) is 3.53. The van der Waals surface area contributed by atoms with E-state index in [1.165, 1.54) is 11.1 Å². The van der Waals surface area contributed by atoms with E-state index in [4.69, 9.17) is 9.47 Å². The molecule has 2 saturated heterocycles. The quantitative estimate of drug-likeness (QED) is 0.0927. The number of fused-ring (bicyclic) bond motifs is 1. The summed E-state index contributed by atoms with van der Waals surface area (Å²) in [6.07, 6.45) is 2.30. The van der Waals surface area contributed by atoms with Gasteiger partial charge in [-0.3, -0.25) is 24.6 Å². The van der Waals surface area contributed by atoms with Gasteiger partial charge in [0.25, 0.3) is 5.91 Å². The molecular weight excluding hydrogens is 681 g/mol. The minimum Gasteiger partial charge on any atom is -0.508 e. The van der Waals surface area contributed by atoms with Crippen molar-refractivity contribution in [3.05, 3.63) is 125 Å². The molecule has 7 rings (SSSR count). The third-order valence-corrected chi connectivity index (χ3v) is 10.6. The van der Waals surface area contributed by atoms with Crippen LogP contribution in [0.5, 0.6) is 17.2 Å². The number of aromatic hydroxyl groups is 1. The molecule has 1 unspecified atom stereocenters. The third kappa shape index (κ3) is 8.51. The van der Waals surface area contributed by atoms with Gasteiger partial charge in [0.1, 0.15) is 29.9 Å². The van der Waals surface area contributed by atoms with Crippen molar-refractivity contribution in [2.45, 2.75) is 45.2 Å². The van der Waals surface area contributed by atoms with Crippen molar-refractivity contribution in [3.63, 3.8) is 0 Å². The maximum atomic E-state index is 13.1. The smallest absolute Gasteiger partial charge is 0.255 e. The van der Waals surface area contributed by atoms with Crippen LogP contribution < -0.4 is 14.8 Å². The summed E-state index contributed by atoms with van der Waals surface area (Å²) in [5.41, 5.74) is 7.13. The van der Waals surface area contributed by atoms with Crippen LogP contribution in [0, 0.1) is 0 Å². The molecular formula is C44H48N4O6. The molecule has 3 heterocycles. The van der Waals surface area contributed by atoms with Crippen LogP contribution in [0.1, 0.15) is 65.2 Å². The molecule has 0 aliphatic carbocycles. The highest BCUT2D eigenvalue weighted by atomic mass is 16.5. The molecule has 2 fully saturated rings. The number of hydrogen-bond acceptors (Lipinski definition) is 8. The van der Waals surface area contributed by atoms with E-state index in [9.17, 15) is 19.5 Å². The lowest BCUT2D eigenvalue weighted by Crippen LogP contribution is -2.52. The highest BCUT2D eigenvalue weighted by Crippen LogP contribution is 2.36. The van der Waals surface area contributed by atoms with Crippen LogP contribution in [0.15, 0.2) is 97.1 Å². The predicted octanol–water partition coefficient (Wildman–Crippen LogP) is 5.99. The molecule has 280 valence electrons. The summed E-state index contributed by atoms with van der Waals surface area (Å²) < 4.78 is 12.4. The number of imide groups is 1. The number of ether oxygens (including phenoxy) is 2. The summed E-state index contributed by atoms with van der Waals surface area (Å²) in [4.78, 5) is 43.6. The van der Waals surface area contributed by atoms with Gasteiger partial charge in [-0.05, 0) is 83.5 Å². The standard InChI is InChI=1S/C44H48N4O6/c1-2-36(31-8-4-3-5-9-31)42(32-12-16-34(49)17-13-32)33-14-18-35(19-15-33)53-29-27-47-25-23-46(24-26-47)22-7-28-54-40-11-6-10-37-38(40)30-48(44(37)52)39-20-21-41(50)45-43(39)51/h3-6,8-19,39,49H,2,7,20-30H2,1H3,(H,45,50,51)/b42-36-. The van der Waals surface area contributed by atoms with Crippen molar-refractivity contribution < 1.29 is 29.0 Å². The number of amides is 3. The second kappa shape index (κ2) is 17.1. The lowest BCUT2D eigenvalue weighted by Gasteiger charge is -2.34. The van der Waals surface area contributed by atoms with Crippen molar-refractivity contribution in [1.29, 1.82) is 0 Å². The summed E-state index contributed by atoms with van der Waals surface area (Å²) in [6.45, 7) is 9.35. The van der Waals surface area contributed by atoms with Crippen LogP contribution in [0.25, 0.3) is 11.1 Å². The van der Waals surface area contributed by atoms with Crippen LogP contribution in [0.2, 0.25) is 0 Å². The fourth-order valence-corrected chi connectivity index (χ4v) is 7.72. The lowest BCUT2D eigenvalue weighted by atomic mass is 9.88. The Morgan fingerprint density at radius 2 is 1.44 bits per heavy atom. The number of benzene rings is 4. The first-order valence-corrected chi connectivity index (χ1v) is 19.0. The summed E-state index contributed by atoms with van der Waals surface area (Å²) in [5, 5.41) is 12.3. The summed E-state index contributed by atoms with van der Waals surface area (Å²) >= 11 is 0. The van der Waals surface area contributed by atoms with Gasteiger partial charge in [0.05, 0.1) is 13.2 Å². The number of carbonyl (C=O) groups is 3. The number of nitrogens with one attached hydrogen (secondary N) is 1. The highest BCUT2D eigenvalue weighted by molar-refractivity contribution is 6.05. The topological polar surface area (TPSA) is 112 Å². The second-order valence-electron chi connectivity index (χ2n) is 14.1. The predicted molar refractivity (Wildman–Crippen MR) is 208 cm³/mol. The number of allylic oxidation sites excluding steroid dienone is 1. The molecule has 0 saturated carbocycles. The van der Waals surface area contributed by atoms with Gasteiger partial charge in [-0.25, -0.2) is 0 Å². The molecule has 0 spiro atoms. The monoisotopic (exact) mass is 728 g/mol. The van der Waals surface area contributed by atoms with Crippen LogP contribution >= 0.6 is 0 Å². The SMILES string of the molecule is CC/C(=C(\c1ccc(O)cc1)c1ccc(OCCN2CCN(CCCOc3cccc4c3CN(C3CCC(=O)NC3=O)C4=O)CC2)cc1)c1ccccc1. The normalized spacial score (nSPS) is 18.3. The third-order valence-electron chi connectivity index (χ3n) is 10.6. The molecule has 4 aromatic rings. The number of carbonyl (C=O) groups excluding carboxylic acids is 3. The molecule has 0 radical (unpaired) electrons. The first-order valence-electron chi connectivity index (χ1n) is 19.0. The molecule has 3 aliphatic rings. The summed E-state index contributed by atoms with van der Waals surface area (Å²) in [5.74, 6) is 0.885. The number of nitrogens with zero attached hydrogens (tertiary/aromatic N) is 3. The van der Waals surface area contributed by atoms with Gasteiger partial charge in [0.2, 0.25) is 11.8 Å². The first-order chi connectivity index (χ1) is 26.4. The van der Waals surface area contributed by atoms with Crippen molar-refractivity contribution >= 4 is 28.9 Å². The minimum absolute atomic E-state index is 0.191. The maximum absolute atomic E-state index is 13.1. The minimum atomic E-state index is -0.638. The highest BCUT2D eigenvalue weighted by Gasteiger charge is 2.40. The Hall–Kier alpha value is -5.45. The van der Waals surface area contributed by atoms with Gasteiger partial charge < -0.3 is 24.4 Å². The van der Waals surface area contributed by atoms with Crippen LogP contribution in [0.4, 0.5) is 0 Å². The molecule has 3 aliphatic heterocycles. The fourth-order valence-electron chi connectivity index (χ4n) is 7.72. The first kappa shape index (κ1) is 36.9. The van der Waals surface area contributed by atoms with Gasteiger partial charge in [0, 0.05) is 56.8 Å². The molecule has 1 atom stereocenters. The van der Waals surface area contributed by atoms with Gasteiger partial charge in [-0.2, -0.15) is 0 Å². The fraction of sp³-hybridized carbons (Fsp3) is 0.341. The number of piperidine rings is 1. The Bertz CT molecular complexity index is 1970. The Balaban J connectivity index is 0.851. The van der Waals surface area contributed by atoms with E-state index in [2.05, 4.69) is 58.4 Å². The van der Waals surface area contributed by atoms with E-state index in [-0.39, 0.29) is 24.0 Å². The van der Waals surface area contributed by atoms with Crippen LogP contribution in [0.3, 0.4) is 0 Å². The number of phenolic OH excluding ortho intramolecular Hbond substituents is 1. The molecule has 2 N–H and O–H groups in total. The zero-order chi connectivity index (χ0) is 37.4. The number of hydrogen-bond donors (Lipinski definition) is 2. The maximum Gasteiger partial charge on any atom is 0.255 e. The van der Waals surface area contributed by atoms with Crippen LogP contribution in [-0.2, 0) is 16.1 Å². The van der Waals surface area contributed by atoms with Crippen molar-refractivity contribution in [2.75, 3.05) is 52.5 Å². The van der Waals surface area contributed by atoms with Crippen molar-refractivity contribution in [2.24, 2.45) is 0 Å². The summed E-state index contributed by atoms with van der Waals surface area (Å²) in [7, 11) is 0. The summed E-state index contributed by atoms with van der Waals surface area (Å²) in [6, 6.07) is 31.1. The zero-order valence-electron chi connectivity index (χ0n) is 30.8. The molecule has 0 aromatic heterocycles. The van der Waals surface area contributed by atoms with E-state index in [1.807, 2.05) is 42.5 Å². The molecule has 10 heteroatoms. The Labute approximate surface area is 317 Å². The molecule has 10 nitrogen and oxygen atoms in total. The van der Waals surface area contributed by atoms with E-state index in [0.717, 1.165) is 80.1 Å². The number of rotatable bonds is 14. The zero-order valence-corrected chi connectivity index (χ0v) is 30.8. The van der Waals surface area contributed by atoms with Gasteiger partial charge >= 0.3 is 0 Å². The molecule has 54 heavy (non-hydrogen) atoms. The van der Waals surface area contributed by atoms with Gasteiger partial charge in [0.15, 0.2) is 0 Å². The van der Waals surface area contributed by atoms with E-state index in [0.29, 0.717) is 37.5 Å². The van der Waals surface area contributed by atoms with Gasteiger partial charge in [-0.1, -0.05) is 67.6 Å².